The van der Waals surface area contributed by atoms with E-state index >= 15 is 0 Å². The molecule has 0 radical (unpaired) electrons. The fraction of sp³-hybridized carbons (Fsp3) is 0.0476. The number of nitrogens with one attached hydrogen (secondary N) is 2. The molecule has 0 atom stereocenters. The smallest absolute Gasteiger partial charge is 0.277 e. The highest BCUT2D eigenvalue weighted by atomic mass is 16.6. The molecule has 0 aliphatic rings. The van der Waals surface area contributed by atoms with Gasteiger partial charge in [-0.25, -0.2) is 0 Å². The molecular formula is C21H16N4O6. The Balaban J connectivity index is 1.74. The summed E-state index contributed by atoms with van der Waals surface area (Å²) in [5, 5.41) is 27.3. The molecule has 156 valence electrons. The van der Waals surface area contributed by atoms with Crippen molar-refractivity contribution in [1.82, 2.24) is 5.32 Å². The van der Waals surface area contributed by atoms with Gasteiger partial charge in [-0.05, 0) is 23.8 Å². The number of nitro groups is 2. The van der Waals surface area contributed by atoms with E-state index in [1.165, 1.54) is 12.1 Å². The molecule has 0 bridgehead atoms. The van der Waals surface area contributed by atoms with Gasteiger partial charge < -0.3 is 10.6 Å². The number of nitrogens with zero attached hydrogens (tertiary/aromatic N) is 2. The first-order valence-corrected chi connectivity index (χ1v) is 9.01. The zero-order chi connectivity index (χ0) is 22.4. The molecule has 0 aromatic heterocycles. The van der Waals surface area contributed by atoms with Crippen molar-refractivity contribution in [3.8, 4) is 0 Å². The second kappa shape index (κ2) is 9.27. The zero-order valence-corrected chi connectivity index (χ0v) is 16.0. The predicted octanol–water partition coefficient (Wildman–Crippen LogP) is 3.69. The van der Waals surface area contributed by atoms with Gasteiger partial charge in [0.15, 0.2) is 0 Å². The van der Waals surface area contributed by atoms with Crippen LogP contribution in [0.4, 0.5) is 17.1 Å². The second-order valence-corrected chi connectivity index (χ2v) is 6.46. The molecule has 3 rings (SSSR count). The lowest BCUT2D eigenvalue weighted by molar-refractivity contribution is -0.394. The number of nitro benzene ring substituents is 2. The Morgan fingerprint density at radius 2 is 1.39 bits per heavy atom. The molecule has 10 nitrogen and oxygen atoms in total. The van der Waals surface area contributed by atoms with Gasteiger partial charge >= 0.3 is 0 Å². The van der Waals surface area contributed by atoms with Gasteiger partial charge in [0.1, 0.15) is 0 Å². The molecule has 2 N–H and O–H groups in total. The number of carbonyl (C=O) groups is 2. The first-order chi connectivity index (χ1) is 14.8. The highest BCUT2D eigenvalue weighted by molar-refractivity contribution is 6.06. The lowest BCUT2D eigenvalue weighted by Crippen LogP contribution is -2.23. The summed E-state index contributed by atoms with van der Waals surface area (Å²) in [6.07, 6.45) is 0. The average Bonchev–Trinajstić information content (AvgIpc) is 2.78. The van der Waals surface area contributed by atoms with Crippen molar-refractivity contribution in [3.05, 3.63) is 110 Å². The van der Waals surface area contributed by atoms with Crippen LogP contribution in [0.25, 0.3) is 0 Å². The van der Waals surface area contributed by atoms with E-state index in [0.717, 1.165) is 23.8 Å². The molecule has 10 heteroatoms. The molecule has 0 saturated carbocycles. The van der Waals surface area contributed by atoms with Crippen LogP contribution in [0.2, 0.25) is 0 Å². The minimum absolute atomic E-state index is 0.250. The monoisotopic (exact) mass is 420 g/mol. The van der Waals surface area contributed by atoms with E-state index in [-0.39, 0.29) is 17.2 Å². The van der Waals surface area contributed by atoms with Crippen LogP contribution in [-0.4, -0.2) is 21.7 Å². The number of non-ortho nitro benzene ring substituents is 2. The first kappa shape index (κ1) is 21.1. The molecule has 3 aromatic carbocycles. The summed E-state index contributed by atoms with van der Waals surface area (Å²) in [5.41, 5.74) is 0.0689. The lowest BCUT2D eigenvalue weighted by Gasteiger charge is -2.09. The van der Waals surface area contributed by atoms with Crippen molar-refractivity contribution in [2.24, 2.45) is 0 Å². The number of hydrogen-bond donors (Lipinski definition) is 2. The standard InChI is InChI=1S/C21H16N4O6/c26-20(22-13-14-5-2-1-3-6-14)15-7-4-8-17(9-15)23-21(27)16-10-18(24(28)29)12-19(11-16)25(30)31/h1-12H,13H2,(H,22,26)(H,23,27). The van der Waals surface area contributed by atoms with Crippen LogP contribution < -0.4 is 10.6 Å². The molecule has 0 aliphatic heterocycles. The van der Waals surface area contributed by atoms with Gasteiger partial charge in [0, 0.05) is 29.9 Å². The molecule has 0 fully saturated rings. The summed E-state index contributed by atoms with van der Waals surface area (Å²) in [6.45, 7) is 0.327. The molecule has 0 spiro atoms. The second-order valence-electron chi connectivity index (χ2n) is 6.46. The van der Waals surface area contributed by atoms with Gasteiger partial charge in [0.25, 0.3) is 23.2 Å². The van der Waals surface area contributed by atoms with Crippen molar-refractivity contribution in [1.29, 1.82) is 0 Å². The molecule has 0 heterocycles. The van der Waals surface area contributed by atoms with Gasteiger partial charge in [-0.15, -0.1) is 0 Å². The van der Waals surface area contributed by atoms with E-state index < -0.39 is 27.1 Å². The van der Waals surface area contributed by atoms with Crippen LogP contribution in [0, 0.1) is 20.2 Å². The van der Waals surface area contributed by atoms with E-state index in [4.69, 9.17) is 0 Å². The van der Waals surface area contributed by atoms with Crippen LogP contribution >= 0.6 is 0 Å². The maximum Gasteiger partial charge on any atom is 0.277 e. The Hall–Kier alpha value is -4.60. The van der Waals surface area contributed by atoms with E-state index in [1.54, 1.807) is 12.1 Å². The molecule has 0 aliphatic carbocycles. The fourth-order valence-electron chi connectivity index (χ4n) is 2.76. The van der Waals surface area contributed by atoms with Crippen molar-refractivity contribution in [2.75, 3.05) is 5.32 Å². The third kappa shape index (κ3) is 5.48. The summed E-state index contributed by atoms with van der Waals surface area (Å²) in [5.74, 6) is -1.14. The Morgan fingerprint density at radius 1 is 0.742 bits per heavy atom. The van der Waals surface area contributed by atoms with Gasteiger partial charge in [0.2, 0.25) is 0 Å². The number of hydrogen-bond acceptors (Lipinski definition) is 6. The lowest BCUT2D eigenvalue weighted by atomic mass is 10.1. The predicted molar refractivity (Wildman–Crippen MR) is 112 cm³/mol. The highest BCUT2D eigenvalue weighted by Gasteiger charge is 2.20. The van der Waals surface area contributed by atoms with E-state index in [0.29, 0.717) is 12.1 Å². The number of benzene rings is 3. The minimum atomic E-state index is -0.818. The van der Waals surface area contributed by atoms with Gasteiger partial charge in [-0.2, -0.15) is 0 Å². The highest BCUT2D eigenvalue weighted by Crippen LogP contribution is 2.23. The third-order valence-corrected chi connectivity index (χ3v) is 4.26. The first-order valence-electron chi connectivity index (χ1n) is 9.01. The zero-order valence-electron chi connectivity index (χ0n) is 16.0. The summed E-state index contributed by atoms with van der Waals surface area (Å²) < 4.78 is 0. The topological polar surface area (TPSA) is 144 Å². The van der Waals surface area contributed by atoms with Crippen LogP contribution in [0.5, 0.6) is 0 Å². The molecule has 3 aromatic rings. The van der Waals surface area contributed by atoms with Crippen molar-refractivity contribution in [3.63, 3.8) is 0 Å². The molecule has 0 saturated heterocycles. The maximum absolute atomic E-state index is 12.5. The third-order valence-electron chi connectivity index (χ3n) is 4.26. The Bertz CT molecular complexity index is 1130. The van der Waals surface area contributed by atoms with Crippen molar-refractivity contribution >= 4 is 28.9 Å². The molecule has 2 amide bonds. The maximum atomic E-state index is 12.5. The van der Waals surface area contributed by atoms with Crippen molar-refractivity contribution in [2.45, 2.75) is 6.54 Å². The Labute approximate surface area is 175 Å². The normalized spacial score (nSPS) is 10.2. The molecule has 31 heavy (non-hydrogen) atoms. The number of rotatable bonds is 7. The van der Waals surface area contributed by atoms with Gasteiger partial charge in [0.05, 0.1) is 21.5 Å². The average molecular weight is 420 g/mol. The number of anilines is 1. The molecule has 0 unspecified atom stereocenters. The van der Waals surface area contributed by atoms with Crippen LogP contribution in [0.15, 0.2) is 72.8 Å². The van der Waals surface area contributed by atoms with E-state index in [9.17, 15) is 29.8 Å². The Kier molecular flexibility index (Phi) is 6.31. The SMILES string of the molecule is O=C(NCc1ccccc1)c1cccc(NC(=O)c2cc([N+](=O)[O-])cc([N+](=O)[O-])c2)c1. The summed E-state index contributed by atoms with van der Waals surface area (Å²) >= 11 is 0. The summed E-state index contributed by atoms with van der Waals surface area (Å²) in [7, 11) is 0. The largest absolute Gasteiger partial charge is 0.348 e. The molecular weight excluding hydrogens is 404 g/mol. The van der Waals surface area contributed by atoms with E-state index in [1.807, 2.05) is 30.3 Å². The number of carbonyl (C=O) groups excluding carboxylic acids is 2. The van der Waals surface area contributed by atoms with E-state index in [2.05, 4.69) is 10.6 Å². The fourth-order valence-corrected chi connectivity index (χ4v) is 2.76. The quantitative estimate of drug-likeness (QED) is 0.440. The van der Waals surface area contributed by atoms with Crippen LogP contribution in [0.1, 0.15) is 26.3 Å². The van der Waals surface area contributed by atoms with Crippen LogP contribution in [-0.2, 0) is 6.54 Å². The summed E-state index contributed by atoms with van der Waals surface area (Å²) in [6, 6.07) is 18.1. The van der Waals surface area contributed by atoms with Crippen LogP contribution in [0.3, 0.4) is 0 Å². The van der Waals surface area contributed by atoms with Crippen molar-refractivity contribution < 1.29 is 19.4 Å². The summed E-state index contributed by atoms with van der Waals surface area (Å²) in [4.78, 5) is 45.3. The number of amides is 2. The minimum Gasteiger partial charge on any atom is -0.348 e. The van der Waals surface area contributed by atoms with Gasteiger partial charge in [-0.1, -0.05) is 36.4 Å². The van der Waals surface area contributed by atoms with Gasteiger partial charge in [-0.3, -0.25) is 29.8 Å². The Morgan fingerprint density at radius 3 is 2.00 bits per heavy atom.